The van der Waals surface area contributed by atoms with Gasteiger partial charge in [0.15, 0.2) is 11.6 Å². The first-order valence-corrected chi connectivity index (χ1v) is 11.5. The summed E-state index contributed by atoms with van der Waals surface area (Å²) < 4.78 is 20.4. The molecule has 3 aromatic rings. The van der Waals surface area contributed by atoms with Crippen LogP contribution >= 0.6 is 0 Å². The van der Waals surface area contributed by atoms with Crippen LogP contribution in [0.3, 0.4) is 0 Å². The number of aryl methyl sites for hydroxylation is 1. The number of benzene rings is 3. The van der Waals surface area contributed by atoms with Gasteiger partial charge in [0.25, 0.3) is 0 Å². The van der Waals surface area contributed by atoms with Gasteiger partial charge >= 0.3 is 0 Å². The van der Waals surface area contributed by atoms with Gasteiger partial charge in [-0.25, -0.2) is 4.39 Å². The van der Waals surface area contributed by atoms with Gasteiger partial charge in [0.1, 0.15) is 6.61 Å². The van der Waals surface area contributed by atoms with E-state index >= 15 is 0 Å². The summed E-state index contributed by atoms with van der Waals surface area (Å²) in [7, 11) is 0. The molecule has 2 atom stereocenters. The van der Waals surface area contributed by atoms with Gasteiger partial charge in [-0.05, 0) is 85.5 Å². The Morgan fingerprint density at radius 1 is 0.935 bits per heavy atom. The van der Waals surface area contributed by atoms with E-state index in [2.05, 4.69) is 30.0 Å². The average Bonchev–Trinajstić information content (AvgIpc) is 3.24. The maximum atomic E-state index is 14.7. The maximum Gasteiger partial charge on any atom is 0.165 e. The van der Waals surface area contributed by atoms with Gasteiger partial charge in [0, 0.05) is 12.1 Å². The third kappa shape index (κ3) is 4.38. The standard InChI is InChI=1S/C28H30FNO/c1-20-6-5-15-30(20)26-13-11-23-16-22(9-10-24(23)17-26)25-12-14-28(27(29)18-25)31-19-21-7-3-2-4-8-21/h2-4,7-10,12,14,16,18,20,26H,5-6,11,13,15,17,19H2,1H3. The third-order valence-corrected chi connectivity index (χ3v) is 6.98. The first kappa shape index (κ1) is 20.3. The zero-order valence-corrected chi connectivity index (χ0v) is 18.2. The van der Waals surface area contributed by atoms with Crippen molar-refractivity contribution in [3.8, 4) is 16.9 Å². The van der Waals surface area contributed by atoms with Crippen LogP contribution < -0.4 is 4.74 Å². The lowest BCUT2D eigenvalue weighted by atomic mass is 9.85. The number of ether oxygens (including phenoxy) is 1. The summed E-state index contributed by atoms with van der Waals surface area (Å²) in [6.45, 7) is 3.98. The fourth-order valence-corrected chi connectivity index (χ4v) is 5.23. The second-order valence-corrected chi connectivity index (χ2v) is 9.03. The number of likely N-dealkylation sites (tertiary alicyclic amines) is 1. The predicted molar refractivity (Wildman–Crippen MR) is 124 cm³/mol. The Labute approximate surface area is 184 Å². The van der Waals surface area contributed by atoms with E-state index in [4.69, 9.17) is 4.74 Å². The third-order valence-electron chi connectivity index (χ3n) is 6.98. The average molecular weight is 416 g/mol. The van der Waals surface area contributed by atoms with Crippen LogP contribution in [0.5, 0.6) is 5.75 Å². The van der Waals surface area contributed by atoms with Gasteiger partial charge in [-0.15, -0.1) is 0 Å². The molecule has 1 aliphatic heterocycles. The number of hydrogen-bond acceptors (Lipinski definition) is 2. The lowest BCUT2D eigenvalue weighted by molar-refractivity contribution is 0.174. The van der Waals surface area contributed by atoms with E-state index in [1.54, 1.807) is 12.1 Å². The van der Waals surface area contributed by atoms with Crippen LogP contribution in [0, 0.1) is 5.82 Å². The van der Waals surface area contributed by atoms with E-state index in [0.29, 0.717) is 18.4 Å². The van der Waals surface area contributed by atoms with Crippen molar-refractivity contribution in [3.63, 3.8) is 0 Å². The zero-order valence-electron chi connectivity index (χ0n) is 18.2. The highest BCUT2D eigenvalue weighted by Gasteiger charge is 2.30. The first-order chi connectivity index (χ1) is 15.2. The van der Waals surface area contributed by atoms with Crippen molar-refractivity contribution < 1.29 is 9.13 Å². The molecule has 160 valence electrons. The van der Waals surface area contributed by atoms with Crippen molar-refractivity contribution in [1.29, 1.82) is 0 Å². The summed E-state index contributed by atoms with van der Waals surface area (Å²) in [6.07, 6.45) is 6.14. The molecule has 5 rings (SSSR count). The Morgan fingerprint density at radius 2 is 1.74 bits per heavy atom. The van der Waals surface area contributed by atoms with E-state index in [0.717, 1.165) is 35.6 Å². The first-order valence-electron chi connectivity index (χ1n) is 11.5. The monoisotopic (exact) mass is 415 g/mol. The molecular weight excluding hydrogens is 385 g/mol. The van der Waals surface area contributed by atoms with Gasteiger partial charge in [-0.2, -0.15) is 0 Å². The van der Waals surface area contributed by atoms with Crippen LogP contribution in [0.2, 0.25) is 0 Å². The number of nitrogens with zero attached hydrogens (tertiary/aromatic N) is 1. The molecule has 31 heavy (non-hydrogen) atoms. The lowest BCUT2D eigenvalue weighted by Gasteiger charge is -2.35. The molecule has 2 unspecified atom stereocenters. The van der Waals surface area contributed by atoms with E-state index in [1.807, 2.05) is 36.4 Å². The highest BCUT2D eigenvalue weighted by atomic mass is 19.1. The number of hydrogen-bond donors (Lipinski definition) is 0. The molecule has 0 aromatic heterocycles. The quantitative estimate of drug-likeness (QED) is 0.477. The Balaban J connectivity index is 1.29. The minimum atomic E-state index is -0.311. The Hall–Kier alpha value is -2.65. The lowest BCUT2D eigenvalue weighted by Crippen LogP contribution is -2.41. The fraction of sp³-hybridized carbons (Fsp3) is 0.357. The molecule has 2 aliphatic rings. The zero-order chi connectivity index (χ0) is 21.2. The van der Waals surface area contributed by atoms with Crippen LogP contribution in [0.25, 0.3) is 11.1 Å². The second-order valence-electron chi connectivity index (χ2n) is 9.03. The van der Waals surface area contributed by atoms with Gasteiger partial charge in [-0.3, -0.25) is 4.90 Å². The summed E-state index contributed by atoms with van der Waals surface area (Å²) in [6, 6.07) is 23.2. The molecule has 1 heterocycles. The molecule has 0 amide bonds. The molecule has 1 saturated heterocycles. The van der Waals surface area contributed by atoms with Gasteiger partial charge < -0.3 is 4.74 Å². The van der Waals surface area contributed by atoms with Crippen LogP contribution in [-0.2, 0) is 19.4 Å². The number of fused-ring (bicyclic) bond motifs is 1. The summed E-state index contributed by atoms with van der Waals surface area (Å²) in [4.78, 5) is 2.71. The van der Waals surface area contributed by atoms with Crippen LogP contribution in [0.15, 0.2) is 66.7 Å². The van der Waals surface area contributed by atoms with Crippen LogP contribution in [0.4, 0.5) is 4.39 Å². The fourth-order valence-electron chi connectivity index (χ4n) is 5.23. The van der Waals surface area contributed by atoms with E-state index < -0.39 is 0 Å². The second kappa shape index (κ2) is 8.84. The van der Waals surface area contributed by atoms with Gasteiger partial charge in [0.2, 0.25) is 0 Å². The van der Waals surface area contributed by atoms with E-state index in [9.17, 15) is 4.39 Å². The van der Waals surface area contributed by atoms with Crippen molar-refractivity contribution in [2.45, 2.75) is 57.7 Å². The number of rotatable bonds is 5. The minimum Gasteiger partial charge on any atom is -0.486 e. The summed E-state index contributed by atoms with van der Waals surface area (Å²) in [5.74, 6) is -0.0117. The minimum absolute atomic E-state index is 0.299. The SMILES string of the molecule is CC1CCCN1C1CCc2cc(-c3ccc(OCc4ccccc4)c(F)c3)ccc2C1. The molecular formula is C28H30FNO. The molecule has 1 fully saturated rings. The van der Waals surface area contributed by atoms with Crippen molar-refractivity contribution in [3.05, 3.63) is 89.2 Å². The van der Waals surface area contributed by atoms with Crippen molar-refractivity contribution in [2.75, 3.05) is 6.54 Å². The molecule has 0 radical (unpaired) electrons. The highest BCUT2D eigenvalue weighted by molar-refractivity contribution is 5.66. The molecule has 0 N–H and O–H groups in total. The Bertz CT molecular complexity index is 1050. The number of halogens is 1. The predicted octanol–water partition coefficient (Wildman–Crippen LogP) is 6.41. The van der Waals surface area contributed by atoms with E-state index in [1.165, 1.54) is 36.9 Å². The summed E-state index contributed by atoms with van der Waals surface area (Å²) >= 11 is 0. The molecule has 3 heteroatoms. The van der Waals surface area contributed by atoms with Crippen molar-refractivity contribution in [1.82, 2.24) is 4.90 Å². The topological polar surface area (TPSA) is 12.5 Å². The molecule has 2 nitrogen and oxygen atoms in total. The smallest absolute Gasteiger partial charge is 0.165 e. The molecule has 0 bridgehead atoms. The molecule has 0 saturated carbocycles. The van der Waals surface area contributed by atoms with Crippen molar-refractivity contribution in [2.24, 2.45) is 0 Å². The van der Waals surface area contributed by atoms with Crippen LogP contribution in [0.1, 0.15) is 42.9 Å². The normalized spacial score (nSPS) is 21.1. The summed E-state index contributed by atoms with van der Waals surface area (Å²) in [5, 5.41) is 0. The van der Waals surface area contributed by atoms with Crippen molar-refractivity contribution >= 4 is 0 Å². The van der Waals surface area contributed by atoms with Gasteiger partial charge in [-0.1, -0.05) is 54.6 Å². The molecule has 1 aliphatic carbocycles. The van der Waals surface area contributed by atoms with E-state index in [-0.39, 0.29) is 5.82 Å². The summed E-state index contributed by atoms with van der Waals surface area (Å²) in [5.41, 5.74) is 5.90. The van der Waals surface area contributed by atoms with Crippen LogP contribution in [-0.4, -0.2) is 23.5 Å². The Morgan fingerprint density at radius 3 is 2.52 bits per heavy atom. The van der Waals surface area contributed by atoms with Gasteiger partial charge in [0.05, 0.1) is 0 Å². The Kier molecular flexibility index (Phi) is 5.78. The highest BCUT2D eigenvalue weighted by Crippen LogP contribution is 2.33. The maximum absolute atomic E-state index is 14.7. The largest absolute Gasteiger partial charge is 0.486 e. The molecule has 3 aromatic carbocycles. The molecule has 0 spiro atoms.